The highest BCUT2D eigenvalue weighted by Gasteiger charge is 2.54. The van der Waals surface area contributed by atoms with Crippen molar-refractivity contribution in [1.82, 2.24) is 19.7 Å². The summed E-state index contributed by atoms with van der Waals surface area (Å²) in [6.07, 6.45) is 1.86. The first-order valence-corrected chi connectivity index (χ1v) is 14.7. The number of sulfone groups is 1. The zero-order valence-corrected chi connectivity index (χ0v) is 21.9. The van der Waals surface area contributed by atoms with Crippen LogP contribution < -0.4 is 4.90 Å². The van der Waals surface area contributed by atoms with Gasteiger partial charge < -0.3 is 4.90 Å². The van der Waals surface area contributed by atoms with Gasteiger partial charge in [-0.15, -0.1) is 10.2 Å². The Balaban J connectivity index is 1.13. The largest absolute Gasteiger partial charge is 0.368 e. The van der Waals surface area contributed by atoms with Gasteiger partial charge in [-0.1, -0.05) is 11.6 Å². The van der Waals surface area contributed by atoms with E-state index in [1.165, 1.54) is 19.1 Å². The van der Waals surface area contributed by atoms with E-state index in [1.54, 1.807) is 0 Å². The van der Waals surface area contributed by atoms with E-state index in [9.17, 15) is 17.2 Å². The number of halogens is 3. The molecule has 37 heavy (non-hydrogen) atoms. The van der Waals surface area contributed by atoms with Crippen molar-refractivity contribution in [3.8, 4) is 5.69 Å². The molecule has 3 aromatic rings. The maximum atomic E-state index is 14.6. The first kappa shape index (κ1) is 23.5. The van der Waals surface area contributed by atoms with Gasteiger partial charge in [0.15, 0.2) is 21.5 Å². The van der Waals surface area contributed by atoms with Crippen LogP contribution in [0.4, 0.5) is 14.5 Å². The second kappa shape index (κ2) is 7.97. The maximum Gasteiger partial charge on any atom is 0.153 e. The fourth-order valence-corrected chi connectivity index (χ4v) is 8.26. The quantitative estimate of drug-likeness (QED) is 0.495. The first-order chi connectivity index (χ1) is 17.6. The fraction of sp³-hybridized carbons (Fsp3) is 0.462. The molecule has 0 radical (unpaired) electrons. The van der Waals surface area contributed by atoms with Gasteiger partial charge in [0.25, 0.3) is 0 Å². The summed E-state index contributed by atoms with van der Waals surface area (Å²) in [6, 6.07) is 8.63. The molecule has 0 N–H and O–H groups in total. The maximum absolute atomic E-state index is 14.6. The van der Waals surface area contributed by atoms with E-state index in [4.69, 9.17) is 11.6 Å². The number of fused-ring (bicyclic) bond motifs is 3. The van der Waals surface area contributed by atoms with Gasteiger partial charge in [-0.25, -0.2) is 17.2 Å². The normalized spacial score (nSPS) is 22.5. The van der Waals surface area contributed by atoms with Crippen molar-refractivity contribution < 1.29 is 17.2 Å². The van der Waals surface area contributed by atoms with E-state index >= 15 is 0 Å². The Morgan fingerprint density at radius 1 is 1.03 bits per heavy atom. The van der Waals surface area contributed by atoms with Crippen LogP contribution in [0.1, 0.15) is 41.5 Å². The van der Waals surface area contributed by atoms with Gasteiger partial charge in [0, 0.05) is 47.6 Å². The molecule has 1 aromatic heterocycles. The van der Waals surface area contributed by atoms with Crippen LogP contribution in [-0.4, -0.2) is 58.7 Å². The van der Waals surface area contributed by atoms with Crippen LogP contribution in [-0.2, 0) is 22.9 Å². The molecule has 7 rings (SSSR count). The van der Waals surface area contributed by atoms with E-state index in [0.717, 1.165) is 48.8 Å². The Morgan fingerprint density at radius 3 is 2.49 bits per heavy atom. The van der Waals surface area contributed by atoms with Gasteiger partial charge >= 0.3 is 0 Å². The standard InChI is InChI=1S/C26H26ClF2N5O2S/c1-15-20(28)3-5-22(24(15)29)33-13-26(14-33)7-17(8-26)25-31-30-23-10-32(19-11-37(35,36)12-19)9-16-6-18(27)2-4-21(16)34(23)25/h2-6,17,19H,7-14H2,1H3. The third-order valence-corrected chi connectivity index (χ3v) is 10.6. The Hall–Kier alpha value is -2.56. The lowest BCUT2D eigenvalue weighted by Gasteiger charge is -2.59. The first-order valence-electron chi connectivity index (χ1n) is 12.5. The molecule has 0 amide bonds. The SMILES string of the molecule is Cc1c(F)ccc(N2CC3(CC(c4nnc5n4-c4ccc(Cl)cc4CN(C4CS(=O)(=O)C4)C5)C3)C2)c1F. The van der Waals surface area contributed by atoms with Crippen molar-refractivity contribution >= 4 is 27.1 Å². The van der Waals surface area contributed by atoms with Crippen molar-refractivity contribution in [3.05, 3.63) is 69.8 Å². The lowest BCUT2D eigenvalue weighted by Crippen LogP contribution is -2.62. The van der Waals surface area contributed by atoms with Crippen molar-refractivity contribution in [3.63, 3.8) is 0 Å². The molecule has 0 unspecified atom stereocenters. The Bertz CT molecular complexity index is 1530. The third kappa shape index (κ3) is 3.71. The molecular formula is C26H26ClF2N5O2S. The molecule has 4 aliphatic rings. The Kier molecular flexibility index (Phi) is 5.07. The molecule has 3 aliphatic heterocycles. The molecular weight excluding hydrogens is 520 g/mol. The van der Waals surface area contributed by atoms with E-state index < -0.39 is 21.5 Å². The number of benzene rings is 2. The van der Waals surface area contributed by atoms with Crippen LogP contribution >= 0.6 is 11.6 Å². The van der Waals surface area contributed by atoms with Crippen LogP contribution in [0.5, 0.6) is 0 Å². The average molecular weight is 546 g/mol. The molecule has 1 saturated carbocycles. The number of hydrogen-bond acceptors (Lipinski definition) is 6. The molecule has 194 valence electrons. The van der Waals surface area contributed by atoms with Crippen LogP contribution in [0, 0.1) is 24.0 Å². The summed E-state index contributed by atoms with van der Waals surface area (Å²) in [5.74, 6) is 1.27. The number of rotatable bonds is 3. The zero-order chi connectivity index (χ0) is 25.7. The van der Waals surface area contributed by atoms with Crippen LogP contribution in [0.3, 0.4) is 0 Å². The van der Waals surface area contributed by atoms with Crippen LogP contribution in [0.2, 0.25) is 5.02 Å². The van der Waals surface area contributed by atoms with Crippen molar-refractivity contribution in [2.75, 3.05) is 29.5 Å². The van der Waals surface area contributed by atoms with E-state index in [1.807, 2.05) is 23.1 Å². The second-order valence-corrected chi connectivity index (χ2v) is 13.8. The Labute approximate surface area is 219 Å². The number of aromatic nitrogens is 3. The second-order valence-electron chi connectivity index (χ2n) is 11.2. The van der Waals surface area contributed by atoms with Crippen LogP contribution in [0.25, 0.3) is 5.69 Å². The average Bonchev–Trinajstić information content (AvgIpc) is 3.10. The molecule has 1 spiro atoms. The summed E-state index contributed by atoms with van der Waals surface area (Å²) in [5, 5.41) is 9.79. The minimum atomic E-state index is -2.96. The monoisotopic (exact) mass is 545 g/mol. The highest BCUT2D eigenvalue weighted by Crippen LogP contribution is 2.57. The predicted molar refractivity (Wildman–Crippen MR) is 136 cm³/mol. The lowest BCUT2D eigenvalue weighted by molar-refractivity contribution is 0.0582. The van der Waals surface area contributed by atoms with E-state index in [2.05, 4.69) is 19.7 Å². The summed E-state index contributed by atoms with van der Waals surface area (Å²) in [4.78, 5) is 4.16. The predicted octanol–water partition coefficient (Wildman–Crippen LogP) is 4.00. The van der Waals surface area contributed by atoms with Crippen molar-refractivity contribution in [1.29, 1.82) is 0 Å². The van der Waals surface area contributed by atoms with Gasteiger partial charge in [-0.2, -0.15) is 0 Å². The smallest absolute Gasteiger partial charge is 0.153 e. The van der Waals surface area contributed by atoms with Gasteiger partial charge in [-0.3, -0.25) is 9.47 Å². The minimum Gasteiger partial charge on any atom is -0.368 e. The number of hydrogen-bond donors (Lipinski definition) is 0. The molecule has 2 aromatic carbocycles. The van der Waals surface area contributed by atoms with Gasteiger partial charge in [0.2, 0.25) is 0 Å². The Morgan fingerprint density at radius 2 is 1.76 bits per heavy atom. The fourth-order valence-electron chi connectivity index (χ4n) is 6.57. The summed E-state index contributed by atoms with van der Waals surface area (Å²) in [7, 11) is -2.96. The molecule has 3 fully saturated rings. The number of anilines is 1. The van der Waals surface area contributed by atoms with Crippen LogP contribution in [0.15, 0.2) is 30.3 Å². The number of nitrogens with zero attached hydrogens (tertiary/aromatic N) is 5. The topological polar surface area (TPSA) is 71.3 Å². The lowest BCUT2D eigenvalue weighted by atomic mass is 9.57. The van der Waals surface area contributed by atoms with E-state index in [0.29, 0.717) is 23.8 Å². The highest BCUT2D eigenvalue weighted by atomic mass is 35.5. The van der Waals surface area contributed by atoms with Crippen molar-refractivity contribution in [2.45, 2.75) is 44.8 Å². The van der Waals surface area contributed by atoms with E-state index in [-0.39, 0.29) is 34.4 Å². The van der Waals surface area contributed by atoms with Gasteiger partial charge in [0.1, 0.15) is 11.6 Å². The summed E-state index contributed by atoms with van der Waals surface area (Å²) < 4.78 is 54.1. The molecule has 0 bridgehead atoms. The van der Waals surface area contributed by atoms with Gasteiger partial charge in [0.05, 0.1) is 29.4 Å². The summed E-state index contributed by atoms with van der Waals surface area (Å²) >= 11 is 6.34. The molecule has 0 atom stereocenters. The summed E-state index contributed by atoms with van der Waals surface area (Å²) in [5.41, 5.74) is 2.65. The highest BCUT2D eigenvalue weighted by molar-refractivity contribution is 7.92. The molecule has 7 nitrogen and oxygen atoms in total. The van der Waals surface area contributed by atoms with Gasteiger partial charge in [-0.05, 0) is 55.7 Å². The van der Waals surface area contributed by atoms with Crippen molar-refractivity contribution in [2.24, 2.45) is 5.41 Å². The molecule has 2 saturated heterocycles. The summed E-state index contributed by atoms with van der Waals surface area (Å²) in [6.45, 7) is 4.07. The zero-order valence-electron chi connectivity index (χ0n) is 20.3. The molecule has 11 heteroatoms. The minimum absolute atomic E-state index is 0.0352. The third-order valence-electron chi connectivity index (χ3n) is 8.58. The molecule has 1 aliphatic carbocycles. The molecule has 4 heterocycles.